The molecule has 1 saturated heterocycles. The van der Waals surface area contributed by atoms with Crippen LogP contribution in [0.4, 0.5) is 22.9 Å². The van der Waals surface area contributed by atoms with Gasteiger partial charge in [0.2, 0.25) is 5.91 Å². The van der Waals surface area contributed by atoms with Crippen LogP contribution in [0.1, 0.15) is 50.5 Å². The number of methoxy groups -OCH3 is 1. The highest BCUT2D eigenvalue weighted by molar-refractivity contribution is 6.00. The number of hydrogen-bond acceptors (Lipinski definition) is 5. The summed E-state index contributed by atoms with van der Waals surface area (Å²) < 4.78 is 5.52. The Hall–Kier alpha value is -2.60. The molecule has 0 unspecified atom stereocenters. The van der Waals surface area contributed by atoms with E-state index in [0.29, 0.717) is 6.54 Å². The van der Waals surface area contributed by atoms with Gasteiger partial charge in [0.1, 0.15) is 5.82 Å². The van der Waals surface area contributed by atoms with E-state index in [0.717, 1.165) is 61.5 Å². The molecule has 1 amide bonds. The number of nitrogens with one attached hydrogen (secondary N) is 1. The molecule has 1 aliphatic carbocycles. The number of carbonyl (C=O) groups is 1. The number of rotatable bonds is 3. The van der Waals surface area contributed by atoms with E-state index in [4.69, 9.17) is 4.74 Å². The van der Waals surface area contributed by atoms with Gasteiger partial charge in [-0.25, -0.2) is 4.98 Å². The Labute approximate surface area is 184 Å². The van der Waals surface area contributed by atoms with Gasteiger partial charge in [-0.3, -0.25) is 4.79 Å². The molecule has 3 heterocycles. The fraction of sp³-hybridized carbons (Fsp3) is 0.520. The maximum absolute atomic E-state index is 13.8. The van der Waals surface area contributed by atoms with E-state index in [1.54, 1.807) is 13.3 Å². The Balaban J connectivity index is 1.49. The van der Waals surface area contributed by atoms with Crippen LogP contribution in [0.25, 0.3) is 0 Å². The first kappa shape index (κ1) is 20.3. The molecule has 6 heteroatoms. The zero-order valence-corrected chi connectivity index (χ0v) is 18.3. The Morgan fingerprint density at radius 3 is 2.68 bits per heavy atom. The van der Waals surface area contributed by atoms with Gasteiger partial charge in [-0.2, -0.15) is 0 Å². The highest BCUT2D eigenvalue weighted by atomic mass is 16.5. The van der Waals surface area contributed by atoms with Crippen molar-refractivity contribution in [2.75, 3.05) is 35.3 Å². The summed E-state index contributed by atoms with van der Waals surface area (Å²) in [5.41, 5.74) is 4.19. The second-order valence-electron chi connectivity index (χ2n) is 9.02. The summed E-state index contributed by atoms with van der Waals surface area (Å²) in [6.45, 7) is 2.72. The molecule has 0 spiro atoms. The minimum Gasteiger partial charge on any atom is -0.381 e. The predicted octanol–water partition coefficient (Wildman–Crippen LogP) is 4.87. The fourth-order valence-corrected chi connectivity index (χ4v) is 5.22. The van der Waals surface area contributed by atoms with Crippen molar-refractivity contribution in [2.45, 2.75) is 57.6 Å². The standard InChI is InChI=1S/C25H32N4O2/c1-31-21-10-7-18(8-11-21)25(30)29-17-19-6-5-13-26-24(19)27-22-12-9-20(16-23(22)29)28-14-3-2-4-15-28/h5-6,9,12-13,16,18,21H,2-4,7-8,10-11,14-15,17H2,1H3,(H,26,27)/t18-,21-. The van der Waals surface area contributed by atoms with Crippen molar-refractivity contribution in [1.29, 1.82) is 0 Å². The van der Waals surface area contributed by atoms with Crippen LogP contribution in [0.2, 0.25) is 0 Å². The van der Waals surface area contributed by atoms with Crippen molar-refractivity contribution in [2.24, 2.45) is 5.92 Å². The number of aromatic nitrogens is 1. The summed E-state index contributed by atoms with van der Waals surface area (Å²) in [5, 5.41) is 3.49. The third-order valence-corrected chi connectivity index (χ3v) is 7.09. The third kappa shape index (κ3) is 4.13. The molecule has 6 nitrogen and oxygen atoms in total. The van der Waals surface area contributed by atoms with Gasteiger partial charge in [-0.05, 0) is 69.2 Å². The number of carbonyl (C=O) groups excluding carboxylic acids is 1. The molecule has 1 N–H and O–H groups in total. The number of ether oxygens (including phenoxy) is 1. The van der Waals surface area contributed by atoms with E-state index in [9.17, 15) is 4.79 Å². The summed E-state index contributed by atoms with van der Waals surface area (Å²) in [7, 11) is 1.77. The Bertz CT molecular complexity index is 933. The molecule has 0 bridgehead atoms. The van der Waals surface area contributed by atoms with E-state index in [2.05, 4.69) is 39.5 Å². The maximum Gasteiger partial charge on any atom is 0.230 e. The minimum absolute atomic E-state index is 0.0520. The first-order valence-electron chi connectivity index (χ1n) is 11.7. The van der Waals surface area contributed by atoms with Crippen LogP contribution in [0.3, 0.4) is 0 Å². The highest BCUT2D eigenvalue weighted by Gasteiger charge is 2.33. The van der Waals surface area contributed by atoms with Gasteiger partial charge in [0.15, 0.2) is 0 Å². The van der Waals surface area contributed by atoms with Gasteiger partial charge >= 0.3 is 0 Å². The van der Waals surface area contributed by atoms with Crippen LogP contribution in [-0.2, 0) is 16.1 Å². The number of hydrogen-bond donors (Lipinski definition) is 1. The van der Waals surface area contributed by atoms with Crippen LogP contribution in [0, 0.1) is 5.92 Å². The number of pyridine rings is 1. The van der Waals surface area contributed by atoms with Gasteiger partial charge in [0.25, 0.3) is 0 Å². The summed E-state index contributed by atoms with van der Waals surface area (Å²) in [6, 6.07) is 10.5. The summed E-state index contributed by atoms with van der Waals surface area (Å²) in [5.74, 6) is 1.12. The lowest BCUT2D eigenvalue weighted by Gasteiger charge is -2.33. The molecule has 2 aliphatic heterocycles. The highest BCUT2D eigenvalue weighted by Crippen LogP contribution is 2.40. The van der Waals surface area contributed by atoms with Crippen LogP contribution in [0.5, 0.6) is 0 Å². The first-order valence-corrected chi connectivity index (χ1v) is 11.7. The van der Waals surface area contributed by atoms with Crippen LogP contribution >= 0.6 is 0 Å². The van der Waals surface area contributed by atoms with E-state index in [-0.39, 0.29) is 17.9 Å². The van der Waals surface area contributed by atoms with Crippen molar-refractivity contribution in [3.05, 3.63) is 42.1 Å². The van der Waals surface area contributed by atoms with Gasteiger partial charge < -0.3 is 19.9 Å². The van der Waals surface area contributed by atoms with Crippen molar-refractivity contribution in [3.8, 4) is 0 Å². The van der Waals surface area contributed by atoms with Gasteiger partial charge in [-0.15, -0.1) is 0 Å². The van der Waals surface area contributed by atoms with Crippen molar-refractivity contribution >= 4 is 28.8 Å². The quantitative estimate of drug-likeness (QED) is 0.768. The number of nitrogens with zero attached hydrogens (tertiary/aromatic N) is 3. The van der Waals surface area contributed by atoms with Crippen molar-refractivity contribution in [3.63, 3.8) is 0 Å². The average molecular weight is 421 g/mol. The molecule has 2 fully saturated rings. The van der Waals surface area contributed by atoms with Crippen molar-refractivity contribution in [1.82, 2.24) is 4.98 Å². The van der Waals surface area contributed by atoms with Gasteiger partial charge in [0.05, 0.1) is 24.0 Å². The summed E-state index contributed by atoms with van der Waals surface area (Å²) in [4.78, 5) is 22.8. The normalized spacial score (nSPS) is 23.4. The minimum atomic E-state index is 0.0520. The monoisotopic (exact) mass is 420 g/mol. The van der Waals surface area contributed by atoms with Crippen molar-refractivity contribution < 1.29 is 9.53 Å². The molecule has 0 atom stereocenters. The number of benzene rings is 1. The SMILES string of the molecule is CO[C@H]1CC[C@H](C(=O)N2Cc3cccnc3Nc3ccc(N4CCCCC4)cc32)CC1. The Morgan fingerprint density at radius 2 is 1.90 bits per heavy atom. The molecule has 0 radical (unpaired) electrons. The average Bonchev–Trinajstić information content (AvgIpc) is 3.00. The van der Waals surface area contributed by atoms with Crippen LogP contribution in [0.15, 0.2) is 36.5 Å². The maximum atomic E-state index is 13.8. The molecule has 5 rings (SSSR count). The van der Waals surface area contributed by atoms with E-state index < -0.39 is 0 Å². The predicted molar refractivity (Wildman–Crippen MR) is 124 cm³/mol. The largest absolute Gasteiger partial charge is 0.381 e. The lowest BCUT2D eigenvalue weighted by molar-refractivity contribution is -0.124. The number of amides is 1. The third-order valence-electron chi connectivity index (χ3n) is 7.09. The fourth-order valence-electron chi connectivity index (χ4n) is 5.22. The van der Waals surface area contributed by atoms with Crippen LogP contribution in [-0.4, -0.2) is 37.2 Å². The molecule has 31 heavy (non-hydrogen) atoms. The topological polar surface area (TPSA) is 57.7 Å². The van der Waals surface area contributed by atoms with E-state index >= 15 is 0 Å². The molecule has 1 aromatic heterocycles. The molecular weight excluding hydrogens is 388 g/mol. The zero-order chi connectivity index (χ0) is 21.2. The molecule has 1 saturated carbocycles. The lowest BCUT2D eigenvalue weighted by Crippen LogP contribution is -2.38. The van der Waals surface area contributed by atoms with Crippen LogP contribution < -0.4 is 15.1 Å². The lowest BCUT2D eigenvalue weighted by atomic mass is 9.86. The Morgan fingerprint density at radius 1 is 1.10 bits per heavy atom. The number of piperidine rings is 1. The summed E-state index contributed by atoms with van der Waals surface area (Å²) in [6.07, 6.45) is 9.56. The van der Waals surface area contributed by atoms with Gasteiger partial charge in [0, 0.05) is 43.6 Å². The molecule has 3 aliphatic rings. The molecule has 2 aromatic rings. The molecular formula is C25H32N4O2. The van der Waals surface area contributed by atoms with E-state index in [1.807, 2.05) is 11.0 Å². The first-order chi connectivity index (χ1) is 15.2. The number of anilines is 4. The number of fused-ring (bicyclic) bond motifs is 2. The van der Waals surface area contributed by atoms with E-state index in [1.165, 1.54) is 24.9 Å². The summed E-state index contributed by atoms with van der Waals surface area (Å²) >= 11 is 0. The smallest absolute Gasteiger partial charge is 0.230 e. The molecule has 164 valence electrons. The zero-order valence-electron chi connectivity index (χ0n) is 18.3. The molecule has 1 aromatic carbocycles. The Kier molecular flexibility index (Phi) is 5.81. The second kappa shape index (κ2) is 8.87. The second-order valence-corrected chi connectivity index (χ2v) is 9.02. The van der Waals surface area contributed by atoms with Gasteiger partial charge in [-0.1, -0.05) is 6.07 Å².